The maximum atomic E-state index is 14.5. The molecule has 1 fully saturated rings. The Labute approximate surface area is 173 Å². The van der Waals surface area contributed by atoms with E-state index in [0.717, 1.165) is 30.6 Å². The quantitative estimate of drug-likeness (QED) is 0.685. The van der Waals surface area contributed by atoms with E-state index in [2.05, 4.69) is 36.3 Å². The lowest BCUT2D eigenvalue weighted by Crippen LogP contribution is -2.51. The van der Waals surface area contributed by atoms with Gasteiger partial charge in [-0.1, -0.05) is 0 Å². The zero-order valence-corrected chi connectivity index (χ0v) is 18.3. The molecule has 0 saturated carbocycles. The molecule has 0 radical (unpaired) electrons. The number of piperidine rings is 1. The summed E-state index contributed by atoms with van der Waals surface area (Å²) in [5.74, 6) is -0.833. The van der Waals surface area contributed by atoms with Crippen molar-refractivity contribution in [2.45, 2.75) is 65.6 Å². The first-order valence-corrected chi connectivity index (χ1v) is 10.2. The van der Waals surface area contributed by atoms with Crippen LogP contribution in [-0.4, -0.2) is 48.9 Å². The molecule has 1 saturated heterocycles. The summed E-state index contributed by atoms with van der Waals surface area (Å²) >= 11 is 0. The van der Waals surface area contributed by atoms with E-state index in [4.69, 9.17) is 0 Å². The van der Waals surface area contributed by atoms with Crippen LogP contribution < -0.4 is 15.5 Å². The lowest BCUT2D eigenvalue weighted by atomic mass is 9.92. The monoisotopic (exact) mass is 404 g/mol. The lowest BCUT2D eigenvalue weighted by molar-refractivity contribution is -0.115. The average molecular weight is 405 g/mol. The van der Waals surface area contributed by atoms with Crippen LogP contribution in [0.15, 0.2) is 24.0 Å². The van der Waals surface area contributed by atoms with Crippen LogP contribution in [0.5, 0.6) is 0 Å². The standard InChI is InChI=1S/C22H33FN4O2/c1-7-27(19-8-14(2)25-15(3)9-19)21-11-18(23)10-20(17(21)5)22(29)24-12-16(4)26(6)13-28/h10-15,19,25H,7-9H2,1-6H3,(H,24,29)/b16-12-/t14-,15?,19?/m1/s1. The van der Waals surface area contributed by atoms with Crippen LogP contribution in [0, 0.1) is 12.7 Å². The van der Waals surface area contributed by atoms with Crippen LogP contribution in [-0.2, 0) is 4.79 Å². The van der Waals surface area contributed by atoms with Gasteiger partial charge in [-0.25, -0.2) is 4.39 Å². The molecule has 0 spiro atoms. The number of rotatable bonds is 7. The number of benzene rings is 1. The van der Waals surface area contributed by atoms with Crippen molar-refractivity contribution in [1.29, 1.82) is 0 Å². The van der Waals surface area contributed by atoms with Gasteiger partial charge in [0.25, 0.3) is 5.91 Å². The van der Waals surface area contributed by atoms with Gasteiger partial charge in [-0.3, -0.25) is 9.59 Å². The Morgan fingerprint density at radius 2 is 1.93 bits per heavy atom. The molecule has 2 N–H and O–H groups in total. The minimum Gasteiger partial charge on any atom is -0.368 e. The molecule has 1 aromatic carbocycles. The largest absolute Gasteiger partial charge is 0.368 e. The number of nitrogens with zero attached hydrogens (tertiary/aromatic N) is 2. The zero-order chi connectivity index (χ0) is 21.7. The molecule has 2 rings (SSSR count). The fourth-order valence-corrected chi connectivity index (χ4v) is 4.05. The minimum atomic E-state index is -0.435. The molecule has 6 nitrogen and oxygen atoms in total. The van der Waals surface area contributed by atoms with Crippen molar-refractivity contribution in [1.82, 2.24) is 15.5 Å². The average Bonchev–Trinajstić information content (AvgIpc) is 2.67. The molecule has 1 heterocycles. The van der Waals surface area contributed by atoms with E-state index < -0.39 is 11.7 Å². The summed E-state index contributed by atoms with van der Waals surface area (Å²) in [4.78, 5) is 27.1. The molecule has 0 bridgehead atoms. The van der Waals surface area contributed by atoms with Gasteiger partial charge in [0.2, 0.25) is 6.41 Å². The molecule has 0 aliphatic carbocycles. The topological polar surface area (TPSA) is 64.7 Å². The van der Waals surface area contributed by atoms with Crippen LogP contribution in [0.2, 0.25) is 0 Å². The highest BCUT2D eigenvalue weighted by Gasteiger charge is 2.29. The number of carbonyl (C=O) groups excluding carboxylic acids is 2. The van der Waals surface area contributed by atoms with Crippen LogP contribution in [0.4, 0.5) is 10.1 Å². The van der Waals surface area contributed by atoms with Crippen LogP contribution in [0.3, 0.4) is 0 Å². The van der Waals surface area contributed by atoms with Gasteiger partial charge in [0.05, 0.1) is 0 Å². The summed E-state index contributed by atoms with van der Waals surface area (Å²) in [7, 11) is 1.59. The Morgan fingerprint density at radius 3 is 2.48 bits per heavy atom. The number of hydrogen-bond donors (Lipinski definition) is 2. The van der Waals surface area contributed by atoms with E-state index in [1.54, 1.807) is 14.0 Å². The lowest BCUT2D eigenvalue weighted by Gasteiger charge is -2.41. The van der Waals surface area contributed by atoms with Crippen LogP contribution in [0.1, 0.15) is 56.5 Å². The highest BCUT2D eigenvalue weighted by atomic mass is 19.1. The van der Waals surface area contributed by atoms with Crippen LogP contribution >= 0.6 is 0 Å². The van der Waals surface area contributed by atoms with Crippen molar-refractivity contribution in [2.24, 2.45) is 0 Å². The van der Waals surface area contributed by atoms with E-state index in [1.165, 1.54) is 23.2 Å². The smallest absolute Gasteiger partial charge is 0.255 e. The third-order valence-corrected chi connectivity index (χ3v) is 5.63. The molecule has 0 aromatic heterocycles. The summed E-state index contributed by atoms with van der Waals surface area (Å²) < 4.78 is 14.5. The molecule has 3 atom stereocenters. The zero-order valence-electron chi connectivity index (χ0n) is 18.3. The first-order valence-electron chi connectivity index (χ1n) is 10.2. The molecule has 2 amide bonds. The molecule has 1 aliphatic rings. The summed E-state index contributed by atoms with van der Waals surface area (Å²) in [6.45, 7) is 10.7. The number of hydrogen-bond acceptors (Lipinski definition) is 4. The molecular formula is C22H33FN4O2. The summed E-state index contributed by atoms with van der Waals surface area (Å²) in [6.07, 6.45) is 4.05. The maximum absolute atomic E-state index is 14.5. The van der Waals surface area contributed by atoms with E-state index in [0.29, 0.717) is 29.8 Å². The number of nitrogens with one attached hydrogen (secondary N) is 2. The summed E-state index contributed by atoms with van der Waals surface area (Å²) in [5.41, 5.74) is 2.39. The van der Waals surface area contributed by atoms with Gasteiger partial charge in [-0.2, -0.15) is 0 Å². The predicted molar refractivity (Wildman–Crippen MR) is 114 cm³/mol. The first kappa shape index (κ1) is 22.9. The van der Waals surface area contributed by atoms with Gasteiger partial charge in [-0.05, 0) is 65.2 Å². The number of carbonyl (C=O) groups is 2. The fraction of sp³-hybridized carbons (Fsp3) is 0.545. The van der Waals surface area contributed by atoms with E-state index in [1.807, 2.05) is 6.92 Å². The van der Waals surface area contributed by atoms with Gasteiger partial charge < -0.3 is 20.4 Å². The Balaban J connectivity index is 2.33. The third-order valence-electron chi connectivity index (χ3n) is 5.63. The third kappa shape index (κ3) is 5.56. The highest BCUT2D eigenvalue weighted by Crippen LogP contribution is 2.30. The normalized spacial score (nSPS) is 22.2. The second kappa shape index (κ2) is 9.87. The Kier molecular flexibility index (Phi) is 7.79. The van der Waals surface area contributed by atoms with Gasteiger partial charge >= 0.3 is 0 Å². The number of allylic oxidation sites excluding steroid dienone is 1. The van der Waals surface area contributed by atoms with Crippen molar-refractivity contribution in [2.75, 3.05) is 18.5 Å². The summed E-state index contributed by atoms with van der Waals surface area (Å²) in [6, 6.07) is 3.84. The van der Waals surface area contributed by atoms with Crippen molar-refractivity contribution in [3.8, 4) is 0 Å². The van der Waals surface area contributed by atoms with Gasteiger partial charge in [0.15, 0.2) is 0 Å². The Hall–Kier alpha value is -2.41. The second-order valence-corrected chi connectivity index (χ2v) is 7.95. The maximum Gasteiger partial charge on any atom is 0.255 e. The van der Waals surface area contributed by atoms with Gasteiger partial charge in [0, 0.05) is 54.9 Å². The predicted octanol–water partition coefficient (Wildman–Crippen LogP) is 3.17. The molecule has 1 aliphatic heterocycles. The van der Waals surface area contributed by atoms with Crippen molar-refractivity contribution in [3.05, 3.63) is 41.0 Å². The molecule has 160 valence electrons. The second-order valence-electron chi connectivity index (χ2n) is 7.95. The molecule has 7 heteroatoms. The molecular weight excluding hydrogens is 371 g/mol. The Bertz CT molecular complexity index is 770. The number of amides is 2. The van der Waals surface area contributed by atoms with Crippen molar-refractivity contribution >= 4 is 18.0 Å². The molecule has 1 aromatic rings. The Morgan fingerprint density at radius 1 is 1.31 bits per heavy atom. The van der Waals surface area contributed by atoms with Crippen molar-refractivity contribution < 1.29 is 14.0 Å². The fourth-order valence-electron chi connectivity index (χ4n) is 4.05. The first-order chi connectivity index (χ1) is 13.7. The van der Waals surface area contributed by atoms with E-state index >= 15 is 0 Å². The summed E-state index contributed by atoms with van der Waals surface area (Å²) in [5, 5.41) is 6.20. The van der Waals surface area contributed by atoms with E-state index in [-0.39, 0.29) is 6.04 Å². The van der Waals surface area contributed by atoms with Gasteiger partial charge in [0.1, 0.15) is 5.82 Å². The van der Waals surface area contributed by atoms with Crippen LogP contribution in [0.25, 0.3) is 0 Å². The minimum absolute atomic E-state index is 0.283. The van der Waals surface area contributed by atoms with Crippen molar-refractivity contribution in [3.63, 3.8) is 0 Å². The SMILES string of the molecule is CCN(c1cc(F)cc(C(=O)N/C=C(/C)N(C)C=O)c1C)C1CC(C)N[C@H](C)C1. The van der Waals surface area contributed by atoms with Gasteiger partial charge in [-0.15, -0.1) is 0 Å². The number of halogens is 1. The molecule has 29 heavy (non-hydrogen) atoms. The molecule has 2 unspecified atom stereocenters. The highest BCUT2D eigenvalue weighted by molar-refractivity contribution is 5.97. The number of anilines is 1. The van der Waals surface area contributed by atoms with E-state index in [9.17, 15) is 14.0 Å².